The zero-order chi connectivity index (χ0) is 13.8. The maximum absolute atomic E-state index is 6.43. The number of hydrogen-bond acceptors (Lipinski definition) is 3. The van der Waals surface area contributed by atoms with Crippen molar-refractivity contribution >= 4 is 22.9 Å². The van der Waals surface area contributed by atoms with E-state index in [2.05, 4.69) is 41.1 Å². The second-order valence-corrected chi connectivity index (χ2v) is 5.71. The van der Waals surface area contributed by atoms with Gasteiger partial charge in [0.1, 0.15) is 0 Å². The summed E-state index contributed by atoms with van der Waals surface area (Å²) in [6, 6.07) is 2.47. The molecule has 5 heteroatoms. The zero-order valence-electron chi connectivity index (χ0n) is 11.6. The van der Waals surface area contributed by atoms with Gasteiger partial charge in [-0.2, -0.15) is 16.4 Å². The van der Waals surface area contributed by atoms with Crippen LogP contribution in [0.25, 0.3) is 0 Å². The SMILES string of the molecule is CCNC(Cc1c(Cl)c(CC)nn1C)c1ccsc1. The molecule has 2 aromatic rings. The lowest BCUT2D eigenvalue weighted by atomic mass is 10.0. The highest BCUT2D eigenvalue weighted by molar-refractivity contribution is 7.07. The van der Waals surface area contributed by atoms with Crippen molar-refractivity contribution < 1.29 is 0 Å². The largest absolute Gasteiger partial charge is 0.310 e. The quantitative estimate of drug-likeness (QED) is 0.883. The van der Waals surface area contributed by atoms with Gasteiger partial charge in [0.25, 0.3) is 0 Å². The Labute approximate surface area is 123 Å². The summed E-state index contributed by atoms with van der Waals surface area (Å²) in [5.41, 5.74) is 3.41. The molecule has 2 heterocycles. The Morgan fingerprint density at radius 3 is 2.79 bits per heavy atom. The lowest BCUT2D eigenvalue weighted by molar-refractivity contribution is 0.530. The smallest absolute Gasteiger partial charge is 0.0850 e. The third-order valence-electron chi connectivity index (χ3n) is 3.30. The minimum absolute atomic E-state index is 0.300. The van der Waals surface area contributed by atoms with Crippen LogP contribution in [-0.4, -0.2) is 16.3 Å². The number of aromatic nitrogens is 2. The number of hydrogen-bond donors (Lipinski definition) is 1. The summed E-state index contributed by atoms with van der Waals surface area (Å²) < 4.78 is 1.91. The molecule has 0 saturated carbocycles. The monoisotopic (exact) mass is 297 g/mol. The molecule has 0 bridgehead atoms. The molecule has 0 aromatic carbocycles. The zero-order valence-corrected chi connectivity index (χ0v) is 13.2. The summed E-state index contributed by atoms with van der Waals surface area (Å²) in [5.74, 6) is 0. The van der Waals surface area contributed by atoms with E-state index in [1.54, 1.807) is 11.3 Å². The van der Waals surface area contributed by atoms with Crippen LogP contribution in [0.2, 0.25) is 5.02 Å². The summed E-state index contributed by atoms with van der Waals surface area (Å²) in [6.45, 7) is 5.15. The Kier molecular flexibility index (Phi) is 5.02. The number of aryl methyl sites for hydroxylation is 2. The lowest BCUT2D eigenvalue weighted by Crippen LogP contribution is -2.23. The van der Waals surface area contributed by atoms with Crippen LogP contribution in [0.5, 0.6) is 0 Å². The maximum Gasteiger partial charge on any atom is 0.0850 e. The van der Waals surface area contributed by atoms with Crippen molar-refractivity contribution in [2.24, 2.45) is 7.05 Å². The van der Waals surface area contributed by atoms with Crippen LogP contribution in [0.1, 0.15) is 36.8 Å². The summed E-state index contributed by atoms with van der Waals surface area (Å²) in [6.07, 6.45) is 1.74. The Bertz CT molecular complexity index is 519. The van der Waals surface area contributed by atoms with Gasteiger partial charge in [-0.25, -0.2) is 0 Å². The Balaban J connectivity index is 2.24. The van der Waals surface area contributed by atoms with E-state index in [1.165, 1.54) is 5.56 Å². The Hall–Kier alpha value is -0.840. The van der Waals surface area contributed by atoms with Crippen molar-refractivity contribution in [1.29, 1.82) is 0 Å². The number of thiophene rings is 1. The van der Waals surface area contributed by atoms with E-state index in [0.29, 0.717) is 6.04 Å². The number of likely N-dealkylation sites (N-methyl/N-ethyl adjacent to an activating group) is 1. The molecule has 104 valence electrons. The van der Waals surface area contributed by atoms with Crippen molar-refractivity contribution in [2.75, 3.05) is 6.54 Å². The average Bonchev–Trinajstić information content (AvgIpc) is 3.01. The van der Waals surface area contributed by atoms with Crippen LogP contribution in [0.15, 0.2) is 16.8 Å². The van der Waals surface area contributed by atoms with Crippen LogP contribution in [0, 0.1) is 0 Å². The van der Waals surface area contributed by atoms with Gasteiger partial charge in [0, 0.05) is 19.5 Å². The van der Waals surface area contributed by atoms with Crippen LogP contribution in [0.4, 0.5) is 0 Å². The molecule has 3 nitrogen and oxygen atoms in total. The summed E-state index contributed by atoms with van der Waals surface area (Å²) in [7, 11) is 1.97. The van der Waals surface area contributed by atoms with E-state index < -0.39 is 0 Å². The van der Waals surface area contributed by atoms with Gasteiger partial charge in [0.2, 0.25) is 0 Å². The normalized spacial score (nSPS) is 12.8. The van der Waals surface area contributed by atoms with Crippen LogP contribution in [-0.2, 0) is 19.9 Å². The van der Waals surface area contributed by atoms with E-state index in [0.717, 1.165) is 35.8 Å². The number of nitrogens with zero attached hydrogens (tertiary/aromatic N) is 2. The van der Waals surface area contributed by atoms with E-state index in [-0.39, 0.29) is 0 Å². The molecule has 0 amide bonds. The molecule has 2 rings (SSSR count). The fourth-order valence-corrected chi connectivity index (χ4v) is 3.35. The first kappa shape index (κ1) is 14.6. The third kappa shape index (κ3) is 3.19. The fourth-order valence-electron chi connectivity index (χ4n) is 2.26. The van der Waals surface area contributed by atoms with Gasteiger partial charge in [-0.15, -0.1) is 0 Å². The number of rotatable bonds is 6. The molecule has 0 saturated heterocycles. The molecule has 1 atom stereocenters. The average molecular weight is 298 g/mol. The van der Waals surface area contributed by atoms with Gasteiger partial charge in [0.15, 0.2) is 0 Å². The predicted molar refractivity (Wildman–Crippen MR) is 82.0 cm³/mol. The van der Waals surface area contributed by atoms with E-state index in [4.69, 9.17) is 11.6 Å². The summed E-state index contributed by atoms with van der Waals surface area (Å²) in [4.78, 5) is 0. The molecule has 2 aromatic heterocycles. The van der Waals surface area contributed by atoms with E-state index >= 15 is 0 Å². The van der Waals surface area contributed by atoms with Crippen LogP contribution < -0.4 is 5.32 Å². The molecule has 1 N–H and O–H groups in total. The standard InChI is InChI=1S/C14H20ClN3S/c1-4-11-14(15)13(18(3)17-11)8-12(16-5-2)10-6-7-19-9-10/h6-7,9,12,16H,4-5,8H2,1-3H3. The summed E-state index contributed by atoms with van der Waals surface area (Å²) >= 11 is 8.15. The molecule has 0 aliphatic rings. The lowest BCUT2D eigenvalue weighted by Gasteiger charge is -2.17. The van der Waals surface area contributed by atoms with Crippen molar-refractivity contribution in [3.05, 3.63) is 38.8 Å². The molecule has 0 spiro atoms. The molecule has 0 aliphatic carbocycles. The molecular formula is C14H20ClN3S. The molecule has 0 aliphatic heterocycles. The van der Waals surface area contributed by atoms with Crippen molar-refractivity contribution in [2.45, 2.75) is 32.7 Å². The van der Waals surface area contributed by atoms with Crippen molar-refractivity contribution in [3.63, 3.8) is 0 Å². The van der Waals surface area contributed by atoms with Gasteiger partial charge in [-0.05, 0) is 35.4 Å². The van der Waals surface area contributed by atoms with E-state index in [9.17, 15) is 0 Å². The van der Waals surface area contributed by atoms with Crippen LogP contribution >= 0.6 is 22.9 Å². The summed E-state index contributed by atoms with van der Waals surface area (Å²) in [5, 5.41) is 13.1. The second-order valence-electron chi connectivity index (χ2n) is 4.56. The Morgan fingerprint density at radius 1 is 1.47 bits per heavy atom. The highest BCUT2D eigenvalue weighted by atomic mass is 35.5. The predicted octanol–water partition coefficient (Wildman–Crippen LogP) is 3.59. The minimum atomic E-state index is 0.300. The molecule has 0 fully saturated rings. The van der Waals surface area contributed by atoms with Gasteiger partial charge in [-0.3, -0.25) is 4.68 Å². The first-order valence-corrected chi connectivity index (χ1v) is 7.95. The fraction of sp³-hybridized carbons (Fsp3) is 0.500. The molecule has 1 unspecified atom stereocenters. The van der Waals surface area contributed by atoms with Gasteiger partial charge >= 0.3 is 0 Å². The number of halogens is 1. The molecule has 19 heavy (non-hydrogen) atoms. The van der Waals surface area contributed by atoms with Gasteiger partial charge < -0.3 is 5.32 Å². The first-order valence-electron chi connectivity index (χ1n) is 6.63. The first-order chi connectivity index (χ1) is 9.17. The van der Waals surface area contributed by atoms with Gasteiger partial charge in [-0.1, -0.05) is 25.4 Å². The van der Waals surface area contributed by atoms with Gasteiger partial charge in [0.05, 0.1) is 16.4 Å². The van der Waals surface area contributed by atoms with E-state index in [1.807, 2.05) is 11.7 Å². The van der Waals surface area contributed by atoms with Crippen molar-refractivity contribution in [1.82, 2.24) is 15.1 Å². The second kappa shape index (κ2) is 6.55. The highest BCUT2D eigenvalue weighted by Crippen LogP contribution is 2.27. The van der Waals surface area contributed by atoms with Crippen LogP contribution in [0.3, 0.4) is 0 Å². The maximum atomic E-state index is 6.43. The molecule has 0 radical (unpaired) electrons. The topological polar surface area (TPSA) is 29.9 Å². The molecular weight excluding hydrogens is 278 g/mol. The highest BCUT2D eigenvalue weighted by Gasteiger charge is 2.18. The van der Waals surface area contributed by atoms with Crippen molar-refractivity contribution in [3.8, 4) is 0 Å². The third-order valence-corrected chi connectivity index (χ3v) is 4.43. The number of nitrogens with one attached hydrogen (secondary N) is 1. The Morgan fingerprint density at radius 2 is 2.26 bits per heavy atom. The minimum Gasteiger partial charge on any atom is -0.310 e.